The lowest BCUT2D eigenvalue weighted by Gasteiger charge is -2.30. The molecule has 0 bridgehead atoms. The van der Waals surface area contributed by atoms with E-state index in [1.165, 1.54) is 11.3 Å². The van der Waals surface area contributed by atoms with Crippen molar-refractivity contribution in [3.05, 3.63) is 29.2 Å². The van der Waals surface area contributed by atoms with Gasteiger partial charge in [0.05, 0.1) is 11.4 Å². The molecular formula is C18H26N6O. The Morgan fingerprint density at radius 3 is 2.84 bits per heavy atom. The Bertz CT molecular complexity index is 771. The van der Waals surface area contributed by atoms with Crippen molar-refractivity contribution in [3.8, 4) is 0 Å². The molecule has 1 amide bonds. The maximum atomic E-state index is 11.3. The van der Waals surface area contributed by atoms with Gasteiger partial charge < -0.3 is 11.1 Å². The van der Waals surface area contributed by atoms with Crippen LogP contribution in [-0.4, -0.2) is 51.6 Å². The molecule has 0 unspecified atom stereocenters. The number of likely N-dealkylation sites (tertiary alicyclic amines) is 1. The zero-order chi connectivity index (χ0) is 17.4. The molecule has 3 N–H and O–H groups in total. The number of amides is 1. The van der Waals surface area contributed by atoms with Crippen LogP contribution in [0.3, 0.4) is 0 Å². The van der Waals surface area contributed by atoms with Crippen LogP contribution in [0.4, 0.5) is 0 Å². The summed E-state index contributed by atoms with van der Waals surface area (Å²) in [6.07, 6.45) is 4.75. The molecular weight excluding hydrogens is 316 g/mol. The van der Waals surface area contributed by atoms with E-state index in [1.54, 1.807) is 0 Å². The van der Waals surface area contributed by atoms with E-state index >= 15 is 0 Å². The molecule has 2 aromatic rings. The van der Waals surface area contributed by atoms with Crippen molar-refractivity contribution < 1.29 is 4.79 Å². The second-order valence-electron chi connectivity index (χ2n) is 7.31. The Morgan fingerprint density at radius 1 is 1.36 bits per heavy atom. The van der Waals surface area contributed by atoms with Crippen LogP contribution in [0.25, 0.3) is 5.65 Å². The normalized spacial score (nSPS) is 22.7. The second kappa shape index (κ2) is 6.72. The number of nitrogens with two attached hydrogens (primary N) is 1. The molecule has 4 heterocycles. The number of nitrogens with zero attached hydrogens (tertiary/aromatic N) is 4. The molecule has 2 saturated heterocycles. The minimum absolute atomic E-state index is 0.0286. The van der Waals surface area contributed by atoms with Crippen molar-refractivity contribution in [2.75, 3.05) is 26.2 Å². The molecule has 0 spiro atoms. The Balaban J connectivity index is 1.57. The number of aromatic nitrogens is 3. The van der Waals surface area contributed by atoms with Gasteiger partial charge in [-0.15, -0.1) is 0 Å². The molecule has 25 heavy (non-hydrogen) atoms. The molecule has 0 aliphatic carbocycles. The van der Waals surface area contributed by atoms with Crippen LogP contribution in [0.5, 0.6) is 0 Å². The fourth-order valence-corrected chi connectivity index (χ4v) is 4.12. The molecule has 0 saturated carbocycles. The van der Waals surface area contributed by atoms with E-state index in [-0.39, 0.29) is 11.8 Å². The number of rotatable bonds is 4. The summed E-state index contributed by atoms with van der Waals surface area (Å²) >= 11 is 0. The standard InChI is InChI=1S/C18H26N6O/c1-12-15(11-23-8-4-13(5-9-23)17(19)25)18-21-7-3-16(24(18)22-12)14-2-6-20-10-14/h3,7,13-14,20H,2,4-6,8-11H2,1H3,(H2,19,25)/t14-/m1/s1. The van der Waals surface area contributed by atoms with Crippen molar-refractivity contribution in [1.29, 1.82) is 0 Å². The Morgan fingerprint density at radius 2 is 2.16 bits per heavy atom. The summed E-state index contributed by atoms with van der Waals surface area (Å²) < 4.78 is 2.04. The summed E-state index contributed by atoms with van der Waals surface area (Å²) in [5, 5.41) is 8.22. The average Bonchev–Trinajstić information content (AvgIpc) is 3.24. The van der Waals surface area contributed by atoms with Gasteiger partial charge in [0, 0.05) is 36.7 Å². The third-order valence-corrected chi connectivity index (χ3v) is 5.69. The molecule has 0 aromatic carbocycles. The fraction of sp³-hybridized carbons (Fsp3) is 0.611. The van der Waals surface area contributed by atoms with Crippen molar-refractivity contribution in [3.63, 3.8) is 0 Å². The third-order valence-electron chi connectivity index (χ3n) is 5.69. The third kappa shape index (κ3) is 3.14. The largest absolute Gasteiger partial charge is 0.369 e. The second-order valence-corrected chi connectivity index (χ2v) is 7.31. The van der Waals surface area contributed by atoms with Gasteiger partial charge in [-0.1, -0.05) is 0 Å². The predicted molar refractivity (Wildman–Crippen MR) is 95.1 cm³/mol. The highest BCUT2D eigenvalue weighted by Gasteiger charge is 2.26. The smallest absolute Gasteiger partial charge is 0.220 e. The van der Waals surface area contributed by atoms with Gasteiger partial charge in [0.15, 0.2) is 5.65 Å². The minimum Gasteiger partial charge on any atom is -0.369 e. The van der Waals surface area contributed by atoms with Crippen molar-refractivity contribution in [1.82, 2.24) is 24.8 Å². The fourth-order valence-electron chi connectivity index (χ4n) is 4.12. The maximum Gasteiger partial charge on any atom is 0.220 e. The lowest BCUT2D eigenvalue weighted by atomic mass is 9.96. The van der Waals surface area contributed by atoms with E-state index in [9.17, 15) is 4.79 Å². The van der Waals surface area contributed by atoms with Gasteiger partial charge >= 0.3 is 0 Å². The molecule has 2 fully saturated rings. The van der Waals surface area contributed by atoms with Gasteiger partial charge in [0.2, 0.25) is 5.91 Å². The van der Waals surface area contributed by atoms with Gasteiger partial charge in [-0.2, -0.15) is 5.10 Å². The Labute approximate surface area is 147 Å². The molecule has 7 heteroatoms. The van der Waals surface area contributed by atoms with Crippen molar-refractivity contribution >= 4 is 11.6 Å². The van der Waals surface area contributed by atoms with Crippen LogP contribution in [0.1, 0.15) is 42.1 Å². The van der Waals surface area contributed by atoms with Crippen molar-refractivity contribution in [2.24, 2.45) is 11.7 Å². The summed E-state index contributed by atoms with van der Waals surface area (Å²) in [5.74, 6) is 0.369. The number of nitrogens with one attached hydrogen (secondary N) is 1. The molecule has 2 aromatic heterocycles. The Kier molecular flexibility index (Phi) is 4.43. The highest BCUT2D eigenvalue weighted by molar-refractivity contribution is 5.76. The topological polar surface area (TPSA) is 88.6 Å². The van der Waals surface area contributed by atoms with Gasteiger partial charge in [-0.05, 0) is 51.9 Å². The molecule has 4 rings (SSSR count). The van der Waals surface area contributed by atoms with Crippen LogP contribution in [-0.2, 0) is 11.3 Å². The van der Waals surface area contributed by atoms with E-state index < -0.39 is 0 Å². The number of hydrogen-bond donors (Lipinski definition) is 2. The summed E-state index contributed by atoms with van der Waals surface area (Å²) in [7, 11) is 0. The number of hydrogen-bond acceptors (Lipinski definition) is 5. The first-order valence-electron chi connectivity index (χ1n) is 9.19. The molecule has 0 radical (unpaired) electrons. The number of primary amides is 1. The van der Waals surface area contributed by atoms with Gasteiger partial charge in [-0.25, -0.2) is 9.50 Å². The number of carbonyl (C=O) groups is 1. The lowest BCUT2D eigenvalue weighted by Crippen LogP contribution is -2.38. The van der Waals surface area contributed by atoms with Crippen LogP contribution < -0.4 is 11.1 Å². The maximum absolute atomic E-state index is 11.3. The van der Waals surface area contributed by atoms with E-state index in [4.69, 9.17) is 10.8 Å². The quantitative estimate of drug-likeness (QED) is 0.858. The zero-order valence-electron chi connectivity index (χ0n) is 14.7. The number of aryl methyl sites for hydroxylation is 1. The van der Waals surface area contributed by atoms with Gasteiger partial charge in [0.25, 0.3) is 0 Å². The number of piperidine rings is 1. The first-order valence-corrected chi connectivity index (χ1v) is 9.19. The van der Waals surface area contributed by atoms with E-state index in [0.29, 0.717) is 5.92 Å². The lowest BCUT2D eigenvalue weighted by molar-refractivity contribution is -0.123. The molecule has 2 aliphatic heterocycles. The summed E-state index contributed by atoms with van der Waals surface area (Å²) in [6, 6.07) is 2.10. The average molecular weight is 342 g/mol. The summed E-state index contributed by atoms with van der Waals surface area (Å²) in [4.78, 5) is 18.4. The van der Waals surface area contributed by atoms with Gasteiger partial charge in [-0.3, -0.25) is 9.69 Å². The first-order chi connectivity index (χ1) is 12.1. The van der Waals surface area contributed by atoms with E-state index in [0.717, 1.165) is 63.3 Å². The predicted octanol–water partition coefficient (Wildman–Crippen LogP) is 0.812. The first kappa shape index (κ1) is 16.5. The molecule has 1 atom stereocenters. The number of fused-ring (bicyclic) bond motifs is 1. The molecule has 134 valence electrons. The molecule has 7 nitrogen and oxygen atoms in total. The highest BCUT2D eigenvalue weighted by Crippen LogP contribution is 2.26. The molecule has 2 aliphatic rings. The minimum atomic E-state index is -0.164. The van der Waals surface area contributed by atoms with Crippen LogP contribution in [0.15, 0.2) is 12.3 Å². The summed E-state index contributed by atoms with van der Waals surface area (Å²) in [5.41, 5.74) is 9.90. The van der Waals surface area contributed by atoms with E-state index in [1.807, 2.05) is 10.7 Å². The zero-order valence-corrected chi connectivity index (χ0v) is 14.7. The Hall–Kier alpha value is -1.99. The number of carbonyl (C=O) groups excluding carboxylic acids is 1. The van der Waals surface area contributed by atoms with E-state index in [2.05, 4.69) is 28.2 Å². The van der Waals surface area contributed by atoms with Crippen molar-refractivity contribution in [2.45, 2.75) is 38.6 Å². The van der Waals surface area contributed by atoms with Crippen LogP contribution in [0.2, 0.25) is 0 Å². The monoisotopic (exact) mass is 342 g/mol. The van der Waals surface area contributed by atoms with Crippen LogP contribution >= 0.6 is 0 Å². The highest BCUT2D eigenvalue weighted by atomic mass is 16.1. The van der Waals surface area contributed by atoms with Gasteiger partial charge in [0.1, 0.15) is 0 Å². The van der Waals surface area contributed by atoms with Crippen LogP contribution in [0, 0.1) is 12.8 Å². The summed E-state index contributed by atoms with van der Waals surface area (Å²) in [6.45, 7) is 6.77. The SMILES string of the molecule is Cc1nn2c([C@@H]3CCNC3)ccnc2c1CN1CCC(C(N)=O)CC1.